The van der Waals surface area contributed by atoms with Crippen LogP contribution in [-0.4, -0.2) is 49.3 Å². The molecule has 1 spiro atoms. The van der Waals surface area contributed by atoms with E-state index in [1.54, 1.807) is 7.11 Å². The van der Waals surface area contributed by atoms with Crippen molar-refractivity contribution in [1.29, 1.82) is 0 Å². The molecule has 0 N–H and O–H groups in total. The van der Waals surface area contributed by atoms with Gasteiger partial charge >= 0.3 is 0 Å². The van der Waals surface area contributed by atoms with Crippen molar-refractivity contribution in [3.8, 4) is 0 Å². The van der Waals surface area contributed by atoms with Crippen LogP contribution in [0.5, 0.6) is 0 Å². The van der Waals surface area contributed by atoms with Crippen molar-refractivity contribution < 1.29 is 14.3 Å². The molecule has 110 valence electrons. The number of ether oxygens (including phenoxy) is 2. The van der Waals surface area contributed by atoms with E-state index in [1.807, 2.05) is 23.3 Å². The molecule has 0 aromatic carbocycles. The lowest BCUT2D eigenvalue weighted by Crippen LogP contribution is -2.50. The zero-order valence-corrected chi connectivity index (χ0v) is 12.9. The average Bonchev–Trinajstić information content (AvgIpc) is 3.05. The maximum atomic E-state index is 12.6. The predicted octanol–water partition coefficient (Wildman–Crippen LogP) is 2.47. The summed E-state index contributed by atoms with van der Waals surface area (Å²) in [6.07, 6.45) is 3.11. The first-order chi connectivity index (χ1) is 9.63. The van der Waals surface area contributed by atoms with Crippen molar-refractivity contribution in [2.75, 3.05) is 26.8 Å². The Morgan fingerprint density at radius 3 is 3.10 bits per heavy atom. The third-order valence-corrected chi connectivity index (χ3v) is 5.40. The molecule has 20 heavy (non-hydrogen) atoms. The third kappa shape index (κ3) is 2.50. The van der Waals surface area contributed by atoms with Gasteiger partial charge in [0, 0.05) is 20.1 Å². The summed E-state index contributed by atoms with van der Waals surface area (Å²) >= 11 is 1.53. The van der Waals surface area contributed by atoms with Crippen LogP contribution in [0.1, 0.15) is 34.5 Å². The molecule has 1 aromatic rings. The molecule has 5 heteroatoms. The molecule has 1 amide bonds. The van der Waals surface area contributed by atoms with E-state index in [2.05, 4.69) is 0 Å². The second-order valence-corrected chi connectivity index (χ2v) is 6.73. The highest BCUT2D eigenvalue weighted by Crippen LogP contribution is 2.36. The number of aryl methyl sites for hydroxylation is 1. The summed E-state index contributed by atoms with van der Waals surface area (Å²) < 4.78 is 11.4. The lowest BCUT2D eigenvalue weighted by Gasteiger charge is -2.39. The smallest absolute Gasteiger partial charge is 0.264 e. The molecule has 2 aliphatic heterocycles. The Bertz CT molecular complexity index is 501. The van der Waals surface area contributed by atoms with Crippen molar-refractivity contribution in [3.05, 3.63) is 21.9 Å². The van der Waals surface area contributed by atoms with Gasteiger partial charge in [0.2, 0.25) is 0 Å². The highest BCUT2D eigenvalue weighted by Gasteiger charge is 2.44. The summed E-state index contributed by atoms with van der Waals surface area (Å²) in [4.78, 5) is 15.4. The second kappa shape index (κ2) is 5.47. The highest BCUT2D eigenvalue weighted by molar-refractivity contribution is 7.12. The van der Waals surface area contributed by atoms with Gasteiger partial charge in [-0.1, -0.05) is 0 Å². The summed E-state index contributed by atoms with van der Waals surface area (Å²) in [6, 6.07) is 2.00. The van der Waals surface area contributed by atoms with Crippen molar-refractivity contribution in [2.45, 2.75) is 37.9 Å². The van der Waals surface area contributed by atoms with Crippen LogP contribution in [-0.2, 0) is 9.47 Å². The molecule has 3 heterocycles. The number of thiophene rings is 1. The quantitative estimate of drug-likeness (QED) is 0.841. The monoisotopic (exact) mass is 295 g/mol. The number of nitrogens with zero attached hydrogens (tertiary/aromatic N) is 1. The lowest BCUT2D eigenvalue weighted by molar-refractivity contribution is -0.0457. The van der Waals surface area contributed by atoms with Gasteiger partial charge in [-0.2, -0.15) is 0 Å². The zero-order valence-electron chi connectivity index (χ0n) is 12.1. The van der Waals surface area contributed by atoms with Crippen LogP contribution in [0.3, 0.4) is 0 Å². The van der Waals surface area contributed by atoms with Crippen LogP contribution in [0.25, 0.3) is 0 Å². The third-order valence-electron chi connectivity index (χ3n) is 4.39. The highest BCUT2D eigenvalue weighted by atomic mass is 32.1. The number of methoxy groups -OCH3 is 1. The SMILES string of the molecule is CO[C@@H]1CO[C@@]2(CCCN(C(=O)c3sccc3C)C2)C1. The van der Waals surface area contributed by atoms with Crippen molar-refractivity contribution >= 4 is 17.2 Å². The minimum Gasteiger partial charge on any atom is -0.379 e. The molecule has 4 nitrogen and oxygen atoms in total. The Morgan fingerprint density at radius 1 is 1.60 bits per heavy atom. The summed E-state index contributed by atoms with van der Waals surface area (Å²) in [5.74, 6) is 0.154. The number of rotatable bonds is 2. The van der Waals surface area contributed by atoms with E-state index in [0.29, 0.717) is 13.2 Å². The largest absolute Gasteiger partial charge is 0.379 e. The second-order valence-electron chi connectivity index (χ2n) is 5.82. The molecule has 0 unspecified atom stereocenters. The fourth-order valence-corrected chi connectivity index (χ4v) is 4.14. The van der Waals surface area contributed by atoms with E-state index in [0.717, 1.165) is 36.2 Å². The van der Waals surface area contributed by atoms with Crippen LogP contribution < -0.4 is 0 Å². The number of piperidine rings is 1. The van der Waals surface area contributed by atoms with E-state index in [4.69, 9.17) is 9.47 Å². The van der Waals surface area contributed by atoms with Gasteiger partial charge in [0.25, 0.3) is 5.91 Å². The Labute approximate surface area is 123 Å². The first kappa shape index (κ1) is 14.0. The molecule has 2 fully saturated rings. The summed E-state index contributed by atoms with van der Waals surface area (Å²) in [5, 5.41) is 1.98. The number of hydrogen-bond donors (Lipinski definition) is 0. The Hall–Kier alpha value is -0.910. The minimum atomic E-state index is -0.181. The Kier molecular flexibility index (Phi) is 3.84. The molecule has 0 aliphatic carbocycles. The molecule has 2 saturated heterocycles. The van der Waals surface area contributed by atoms with Crippen molar-refractivity contribution in [2.24, 2.45) is 0 Å². The predicted molar refractivity (Wildman–Crippen MR) is 78.3 cm³/mol. The van der Waals surface area contributed by atoms with E-state index < -0.39 is 0 Å². The average molecular weight is 295 g/mol. The van der Waals surface area contributed by atoms with Gasteiger partial charge in [0.1, 0.15) is 0 Å². The molecule has 3 rings (SSSR count). The molecule has 1 aromatic heterocycles. The number of amides is 1. The standard InChI is InChI=1S/C15H21NO3S/c1-11-4-7-20-13(11)14(17)16-6-3-5-15(10-16)8-12(18-2)9-19-15/h4,7,12H,3,5-6,8-10H2,1-2H3/t12-,15-/m0/s1. The molecule has 0 bridgehead atoms. The van der Waals surface area contributed by atoms with Gasteiger partial charge in [-0.3, -0.25) is 4.79 Å². The molecule has 2 aliphatic rings. The topological polar surface area (TPSA) is 38.8 Å². The minimum absolute atomic E-state index is 0.154. The lowest BCUT2D eigenvalue weighted by atomic mass is 9.89. The fourth-order valence-electron chi connectivity index (χ4n) is 3.25. The zero-order chi connectivity index (χ0) is 14.2. The Morgan fingerprint density at radius 2 is 2.45 bits per heavy atom. The molecule has 0 saturated carbocycles. The first-order valence-corrected chi connectivity index (χ1v) is 8.02. The van der Waals surface area contributed by atoms with E-state index in [1.165, 1.54) is 11.3 Å². The molecular formula is C15H21NO3S. The van der Waals surface area contributed by atoms with Crippen LogP contribution in [0.2, 0.25) is 0 Å². The maximum Gasteiger partial charge on any atom is 0.264 e. The van der Waals surface area contributed by atoms with Gasteiger partial charge in [0.15, 0.2) is 0 Å². The first-order valence-electron chi connectivity index (χ1n) is 7.14. The van der Waals surface area contributed by atoms with Gasteiger partial charge in [-0.25, -0.2) is 0 Å². The van der Waals surface area contributed by atoms with Crippen LogP contribution in [0, 0.1) is 6.92 Å². The van der Waals surface area contributed by atoms with Gasteiger partial charge < -0.3 is 14.4 Å². The van der Waals surface area contributed by atoms with Gasteiger partial charge in [-0.15, -0.1) is 11.3 Å². The van der Waals surface area contributed by atoms with E-state index in [9.17, 15) is 4.79 Å². The molecule has 0 radical (unpaired) electrons. The Balaban J connectivity index is 1.73. The van der Waals surface area contributed by atoms with E-state index >= 15 is 0 Å². The van der Waals surface area contributed by atoms with Crippen molar-refractivity contribution in [1.82, 2.24) is 4.90 Å². The fraction of sp³-hybridized carbons (Fsp3) is 0.667. The van der Waals surface area contributed by atoms with Crippen LogP contribution in [0.4, 0.5) is 0 Å². The summed E-state index contributed by atoms with van der Waals surface area (Å²) in [6.45, 7) is 4.18. The van der Waals surface area contributed by atoms with Crippen LogP contribution >= 0.6 is 11.3 Å². The molecular weight excluding hydrogens is 274 g/mol. The summed E-state index contributed by atoms with van der Waals surface area (Å²) in [5.41, 5.74) is 0.890. The van der Waals surface area contributed by atoms with Gasteiger partial charge in [-0.05, 0) is 36.8 Å². The van der Waals surface area contributed by atoms with Gasteiger partial charge in [0.05, 0.1) is 29.7 Å². The normalized spacial score (nSPS) is 30.1. The van der Waals surface area contributed by atoms with Crippen molar-refractivity contribution in [3.63, 3.8) is 0 Å². The number of carbonyl (C=O) groups is 1. The molecule has 2 atom stereocenters. The number of likely N-dealkylation sites (tertiary alicyclic amines) is 1. The van der Waals surface area contributed by atoms with E-state index in [-0.39, 0.29) is 17.6 Å². The maximum absolute atomic E-state index is 12.6. The van der Waals surface area contributed by atoms with Crippen LogP contribution in [0.15, 0.2) is 11.4 Å². The summed E-state index contributed by atoms with van der Waals surface area (Å²) in [7, 11) is 1.73. The number of hydrogen-bond acceptors (Lipinski definition) is 4. The number of carbonyl (C=O) groups excluding carboxylic acids is 1.